The first-order chi connectivity index (χ1) is 5.95. The second kappa shape index (κ2) is 3.15. The highest BCUT2D eigenvalue weighted by Crippen LogP contribution is 2.18. The minimum atomic E-state index is -3.82. The number of aromatic hydroxyl groups is 1. The minimum absolute atomic E-state index is 0.105. The first-order valence-electron chi connectivity index (χ1n) is 3.26. The molecule has 0 saturated heterocycles. The predicted molar refractivity (Wildman–Crippen MR) is 44.9 cm³/mol. The van der Waals surface area contributed by atoms with E-state index in [4.69, 9.17) is 10.2 Å². The van der Waals surface area contributed by atoms with Crippen LogP contribution in [0.3, 0.4) is 0 Å². The smallest absolute Gasteiger partial charge is 0.238 e. The van der Waals surface area contributed by atoms with Crippen LogP contribution in [0.1, 0.15) is 10.4 Å². The third-order valence-corrected chi connectivity index (χ3v) is 2.37. The largest absolute Gasteiger partial charge is 0.507 e. The van der Waals surface area contributed by atoms with E-state index in [1.165, 1.54) is 0 Å². The van der Waals surface area contributed by atoms with Crippen LogP contribution in [0.25, 0.3) is 0 Å². The first kappa shape index (κ1) is 9.69. The van der Waals surface area contributed by atoms with Crippen molar-refractivity contribution in [3.63, 3.8) is 0 Å². The Morgan fingerprint density at radius 2 is 2.00 bits per heavy atom. The van der Waals surface area contributed by atoms with E-state index in [-0.39, 0.29) is 16.2 Å². The Morgan fingerprint density at radius 3 is 2.46 bits per heavy atom. The highest BCUT2D eigenvalue weighted by Gasteiger charge is 2.10. The van der Waals surface area contributed by atoms with E-state index in [0.29, 0.717) is 6.29 Å². The molecule has 0 spiro atoms. The van der Waals surface area contributed by atoms with Gasteiger partial charge in [-0.25, -0.2) is 13.6 Å². The molecule has 0 unspecified atom stereocenters. The molecule has 13 heavy (non-hydrogen) atoms. The number of sulfonamides is 1. The zero-order valence-electron chi connectivity index (χ0n) is 6.47. The van der Waals surface area contributed by atoms with Gasteiger partial charge in [-0.05, 0) is 18.2 Å². The summed E-state index contributed by atoms with van der Waals surface area (Å²) in [6, 6.07) is 3.23. The number of nitrogens with two attached hydrogens (primary N) is 1. The van der Waals surface area contributed by atoms with Crippen molar-refractivity contribution in [1.82, 2.24) is 0 Å². The zero-order chi connectivity index (χ0) is 10.1. The molecule has 0 radical (unpaired) electrons. The SMILES string of the molecule is NS(=O)(=O)c1ccc(O)c(C=O)c1. The fourth-order valence-corrected chi connectivity index (χ4v) is 1.35. The van der Waals surface area contributed by atoms with Gasteiger partial charge in [-0.1, -0.05) is 0 Å². The number of phenols is 1. The quantitative estimate of drug-likeness (QED) is 0.650. The van der Waals surface area contributed by atoms with Gasteiger partial charge < -0.3 is 5.11 Å². The lowest BCUT2D eigenvalue weighted by molar-refractivity contribution is 0.112. The monoisotopic (exact) mass is 201 g/mol. The van der Waals surface area contributed by atoms with Crippen LogP contribution in [0.2, 0.25) is 0 Å². The molecule has 0 aliphatic heterocycles. The first-order valence-corrected chi connectivity index (χ1v) is 4.81. The molecule has 0 heterocycles. The van der Waals surface area contributed by atoms with E-state index in [1.807, 2.05) is 0 Å². The van der Waals surface area contributed by atoms with Crippen molar-refractivity contribution < 1.29 is 18.3 Å². The van der Waals surface area contributed by atoms with Gasteiger partial charge in [0.15, 0.2) is 6.29 Å². The molecule has 0 aromatic heterocycles. The van der Waals surface area contributed by atoms with Gasteiger partial charge in [-0.3, -0.25) is 4.79 Å². The number of hydrogen-bond acceptors (Lipinski definition) is 4. The van der Waals surface area contributed by atoms with Crippen LogP contribution in [-0.2, 0) is 10.0 Å². The maximum Gasteiger partial charge on any atom is 0.238 e. The molecule has 3 N–H and O–H groups in total. The van der Waals surface area contributed by atoms with Crippen molar-refractivity contribution in [2.45, 2.75) is 4.90 Å². The maximum absolute atomic E-state index is 10.8. The van der Waals surface area contributed by atoms with E-state index >= 15 is 0 Å². The second-order valence-electron chi connectivity index (χ2n) is 2.38. The summed E-state index contributed by atoms with van der Waals surface area (Å²) in [6.07, 6.45) is 0.351. The molecule has 0 aliphatic carbocycles. The number of primary sulfonamides is 1. The molecular weight excluding hydrogens is 194 g/mol. The Kier molecular flexibility index (Phi) is 2.35. The van der Waals surface area contributed by atoms with Crippen LogP contribution in [0, 0.1) is 0 Å². The summed E-state index contributed by atoms with van der Waals surface area (Å²) in [5.41, 5.74) is -0.105. The van der Waals surface area contributed by atoms with Gasteiger partial charge in [0.05, 0.1) is 10.5 Å². The molecular formula is C7H7NO4S. The lowest BCUT2D eigenvalue weighted by Crippen LogP contribution is -2.12. The van der Waals surface area contributed by atoms with Crippen LogP contribution in [-0.4, -0.2) is 19.8 Å². The predicted octanol–water partition coefficient (Wildman–Crippen LogP) is -0.148. The third kappa shape index (κ3) is 2.04. The Balaban J connectivity index is 3.38. The van der Waals surface area contributed by atoms with Crippen molar-refractivity contribution in [3.05, 3.63) is 23.8 Å². The standard InChI is InChI=1S/C7H7NO4S/c8-13(11,12)6-1-2-7(10)5(3-6)4-9/h1-4,10H,(H2,8,11,12). The summed E-state index contributed by atoms with van der Waals surface area (Å²) < 4.78 is 21.6. The molecule has 5 nitrogen and oxygen atoms in total. The maximum atomic E-state index is 10.8. The molecule has 0 amide bonds. The second-order valence-corrected chi connectivity index (χ2v) is 3.94. The molecule has 0 atom stereocenters. The normalized spacial score (nSPS) is 11.2. The van der Waals surface area contributed by atoms with Crippen LogP contribution < -0.4 is 5.14 Å². The van der Waals surface area contributed by atoms with E-state index in [9.17, 15) is 13.2 Å². The molecule has 1 aromatic rings. The summed E-state index contributed by atoms with van der Waals surface area (Å²) in [5, 5.41) is 13.8. The summed E-state index contributed by atoms with van der Waals surface area (Å²) in [5.74, 6) is -0.276. The zero-order valence-corrected chi connectivity index (χ0v) is 7.28. The Hall–Kier alpha value is -1.40. The van der Waals surface area contributed by atoms with Gasteiger partial charge in [0.25, 0.3) is 0 Å². The van der Waals surface area contributed by atoms with Crippen molar-refractivity contribution in [3.8, 4) is 5.75 Å². The highest BCUT2D eigenvalue weighted by molar-refractivity contribution is 7.89. The fraction of sp³-hybridized carbons (Fsp3) is 0. The van der Waals surface area contributed by atoms with Gasteiger partial charge >= 0.3 is 0 Å². The fourth-order valence-electron chi connectivity index (χ4n) is 0.804. The molecule has 70 valence electrons. The van der Waals surface area contributed by atoms with E-state index < -0.39 is 10.0 Å². The lowest BCUT2D eigenvalue weighted by Gasteiger charge is -2.00. The average molecular weight is 201 g/mol. The molecule has 0 fully saturated rings. The van der Waals surface area contributed by atoms with Gasteiger partial charge in [0.1, 0.15) is 5.75 Å². The van der Waals surface area contributed by atoms with Crippen LogP contribution in [0.4, 0.5) is 0 Å². The summed E-state index contributed by atoms with van der Waals surface area (Å²) in [4.78, 5) is 10.1. The Labute approximate surface area is 74.9 Å². The van der Waals surface area contributed by atoms with Gasteiger partial charge in [-0.15, -0.1) is 0 Å². The van der Waals surface area contributed by atoms with Gasteiger partial charge in [-0.2, -0.15) is 0 Å². The molecule has 1 rings (SSSR count). The van der Waals surface area contributed by atoms with Crippen LogP contribution in [0.15, 0.2) is 23.1 Å². The van der Waals surface area contributed by atoms with Gasteiger partial charge in [0, 0.05) is 0 Å². The third-order valence-electron chi connectivity index (χ3n) is 1.45. The number of carbonyl (C=O) groups excluding carboxylic acids is 1. The summed E-state index contributed by atoms with van der Waals surface area (Å²) in [6.45, 7) is 0. The molecule has 0 aliphatic rings. The van der Waals surface area contributed by atoms with E-state index in [1.54, 1.807) is 0 Å². The number of aldehydes is 1. The number of benzene rings is 1. The molecule has 0 saturated carbocycles. The molecule has 6 heteroatoms. The number of hydrogen-bond donors (Lipinski definition) is 2. The Morgan fingerprint density at radius 1 is 1.38 bits per heavy atom. The van der Waals surface area contributed by atoms with E-state index in [2.05, 4.69) is 0 Å². The van der Waals surface area contributed by atoms with Crippen LogP contribution >= 0.6 is 0 Å². The topological polar surface area (TPSA) is 97.5 Å². The summed E-state index contributed by atoms with van der Waals surface area (Å²) in [7, 11) is -3.82. The van der Waals surface area contributed by atoms with Gasteiger partial charge in [0.2, 0.25) is 10.0 Å². The van der Waals surface area contributed by atoms with Crippen molar-refractivity contribution in [2.24, 2.45) is 5.14 Å². The lowest BCUT2D eigenvalue weighted by atomic mass is 10.2. The summed E-state index contributed by atoms with van der Waals surface area (Å²) >= 11 is 0. The number of phenolic OH excluding ortho intramolecular Hbond substituents is 1. The van der Waals surface area contributed by atoms with Crippen molar-refractivity contribution in [1.29, 1.82) is 0 Å². The number of carbonyl (C=O) groups is 1. The number of rotatable bonds is 2. The molecule has 0 bridgehead atoms. The van der Waals surface area contributed by atoms with E-state index in [0.717, 1.165) is 18.2 Å². The minimum Gasteiger partial charge on any atom is -0.507 e. The van der Waals surface area contributed by atoms with Crippen molar-refractivity contribution in [2.75, 3.05) is 0 Å². The Bertz CT molecular complexity index is 438. The highest BCUT2D eigenvalue weighted by atomic mass is 32.2. The average Bonchev–Trinajstić information content (AvgIpc) is 2.03. The molecule has 1 aromatic carbocycles. The van der Waals surface area contributed by atoms with Crippen LogP contribution in [0.5, 0.6) is 5.75 Å². The van der Waals surface area contributed by atoms with Crippen molar-refractivity contribution >= 4 is 16.3 Å².